The van der Waals surface area contributed by atoms with Gasteiger partial charge in [0.1, 0.15) is 5.82 Å². The lowest BCUT2D eigenvalue weighted by Gasteiger charge is -2.07. The molecule has 1 aliphatic rings. The Bertz CT molecular complexity index is 563. The largest absolute Gasteiger partial charge is 0.370 e. The fourth-order valence-electron chi connectivity index (χ4n) is 1.87. The van der Waals surface area contributed by atoms with Crippen LogP contribution in [0.25, 0.3) is 10.7 Å². The van der Waals surface area contributed by atoms with Crippen LogP contribution in [0.2, 0.25) is 0 Å². The van der Waals surface area contributed by atoms with E-state index in [0.29, 0.717) is 5.92 Å². The third-order valence-corrected chi connectivity index (χ3v) is 4.51. The maximum absolute atomic E-state index is 4.70. The summed E-state index contributed by atoms with van der Waals surface area (Å²) >= 11 is 5.16. The highest BCUT2D eigenvalue weighted by molar-refractivity contribution is 9.11. The number of nitrogens with zero attached hydrogens (tertiary/aromatic N) is 2. The Morgan fingerprint density at radius 3 is 2.83 bits per heavy atom. The van der Waals surface area contributed by atoms with Crippen LogP contribution in [0.15, 0.2) is 22.0 Å². The minimum absolute atomic E-state index is 0.646. The zero-order chi connectivity index (χ0) is 12.5. The first kappa shape index (κ1) is 12.1. The first-order valence-electron chi connectivity index (χ1n) is 6.15. The van der Waals surface area contributed by atoms with Crippen molar-refractivity contribution in [2.24, 2.45) is 0 Å². The maximum Gasteiger partial charge on any atom is 0.171 e. The van der Waals surface area contributed by atoms with Crippen molar-refractivity contribution in [2.45, 2.75) is 25.7 Å². The van der Waals surface area contributed by atoms with E-state index in [9.17, 15) is 0 Å². The van der Waals surface area contributed by atoms with Gasteiger partial charge in [-0.25, -0.2) is 9.97 Å². The lowest BCUT2D eigenvalue weighted by atomic mass is 10.2. The van der Waals surface area contributed by atoms with Gasteiger partial charge in [0, 0.05) is 24.2 Å². The Labute approximate surface area is 119 Å². The molecule has 0 amide bonds. The van der Waals surface area contributed by atoms with Crippen LogP contribution in [0, 0.1) is 0 Å². The standard InChI is InChI=1S/C13H14BrN3S/c1-2-15-12-7-9(8-3-4-8)16-13(17-12)10-5-6-11(14)18-10/h5-8H,2-4H2,1H3,(H,15,16,17). The van der Waals surface area contributed by atoms with Crippen molar-refractivity contribution in [1.29, 1.82) is 0 Å². The molecule has 18 heavy (non-hydrogen) atoms. The molecule has 94 valence electrons. The topological polar surface area (TPSA) is 37.8 Å². The second-order valence-corrected chi connectivity index (χ2v) is 6.87. The van der Waals surface area contributed by atoms with E-state index < -0.39 is 0 Å². The fraction of sp³-hybridized carbons (Fsp3) is 0.385. The highest BCUT2D eigenvalue weighted by Gasteiger charge is 2.26. The molecule has 1 saturated carbocycles. The molecule has 0 unspecified atom stereocenters. The lowest BCUT2D eigenvalue weighted by Crippen LogP contribution is -2.03. The van der Waals surface area contributed by atoms with Gasteiger partial charge in [-0.15, -0.1) is 11.3 Å². The summed E-state index contributed by atoms with van der Waals surface area (Å²) in [6, 6.07) is 6.20. The molecule has 3 nitrogen and oxygen atoms in total. The van der Waals surface area contributed by atoms with Crippen LogP contribution < -0.4 is 5.32 Å². The van der Waals surface area contributed by atoms with Gasteiger partial charge in [-0.05, 0) is 47.8 Å². The highest BCUT2D eigenvalue weighted by Crippen LogP contribution is 2.40. The van der Waals surface area contributed by atoms with Crippen LogP contribution in [-0.2, 0) is 0 Å². The van der Waals surface area contributed by atoms with E-state index in [4.69, 9.17) is 4.98 Å². The number of aromatic nitrogens is 2. The number of halogens is 1. The Kier molecular flexibility index (Phi) is 3.35. The van der Waals surface area contributed by atoms with Crippen molar-refractivity contribution >= 4 is 33.1 Å². The molecule has 0 spiro atoms. The van der Waals surface area contributed by atoms with Crippen LogP contribution in [0.4, 0.5) is 5.82 Å². The van der Waals surface area contributed by atoms with Crippen molar-refractivity contribution in [3.8, 4) is 10.7 Å². The van der Waals surface area contributed by atoms with Gasteiger partial charge in [0.25, 0.3) is 0 Å². The first-order valence-corrected chi connectivity index (χ1v) is 7.76. The molecular weight excluding hydrogens is 310 g/mol. The van der Waals surface area contributed by atoms with Crippen LogP contribution in [0.3, 0.4) is 0 Å². The quantitative estimate of drug-likeness (QED) is 0.912. The molecule has 5 heteroatoms. The first-order chi connectivity index (χ1) is 8.76. The average Bonchev–Trinajstić information content (AvgIpc) is 3.12. The molecule has 1 N–H and O–H groups in total. The predicted molar refractivity (Wildman–Crippen MR) is 79.2 cm³/mol. The minimum Gasteiger partial charge on any atom is -0.370 e. The molecule has 2 aromatic rings. The molecule has 0 aliphatic heterocycles. The van der Waals surface area contributed by atoms with Crippen molar-refractivity contribution in [3.05, 3.63) is 27.7 Å². The summed E-state index contributed by atoms with van der Waals surface area (Å²) in [4.78, 5) is 10.4. The Hall–Kier alpha value is -0.940. The van der Waals surface area contributed by atoms with Gasteiger partial charge in [-0.2, -0.15) is 0 Å². The summed E-state index contributed by atoms with van der Waals surface area (Å²) in [5.74, 6) is 2.42. The van der Waals surface area contributed by atoms with Gasteiger partial charge in [0.15, 0.2) is 5.82 Å². The third kappa shape index (κ3) is 2.57. The van der Waals surface area contributed by atoms with Crippen molar-refractivity contribution in [3.63, 3.8) is 0 Å². The van der Waals surface area contributed by atoms with Gasteiger partial charge in [0.05, 0.1) is 8.66 Å². The number of hydrogen-bond acceptors (Lipinski definition) is 4. The lowest BCUT2D eigenvalue weighted by molar-refractivity contribution is 0.990. The molecule has 0 atom stereocenters. The van der Waals surface area contributed by atoms with Crippen LogP contribution in [-0.4, -0.2) is 16.5 Å². The van der Waals surface area contributed by atoms with Crippen LogP contribution in [0.1, 0.15) is 31.4 Å². The van der Waals surface area contributed by atoms with Crippen LogP contribution in [0.5, 0.6) is 0 Å². The Morgan fingerprint density at radius 2 is 2.22 bits per heavy atom. The molecular formula is C13H14BrN3S. The zero-order valence-corrected chi connectivity index (χ0v) is 12.5. The van der Waals surface area contributed by atoms with Gasteiger partial charge >= 0.3 is 0 Å². The van der Waals surface area contributed by atoms with E-state index >= 15 is 0 Å². The van der Waals surface area contributed by atoms with E-state index in [1.807, 2.05) is 6.07 Å². The van der Waals surface area contributed by atoms with Crippen molar-refractivity contribution in [2.75, 3.05) is 11.9 Å². The molecule has 0 aromatic carbocycles. The van der Waals surface area contributed by atoms with E-state index in [2.05, 4.69) is 45.3 Å². The molecule has 0 saturated heterocycles. The Balaban J connectivity index is 2.01. The number of nitrogens with one attached hydrogen (secondary N) is 1. The van der Waals surface area contributed by atoms with Gasteiger partial charge in [-0.3, -0.25) is 0 Å². The van der Waals surface area contributed by atoms with E-state index in [0.717, 1.165) is 26.9 Å². The molecule has 1 aliphatic carbocycles. The number of anilines is 1. The number of rotatable bonds is 4. The summed E-state index contributed by atoms with van der Waals surface area (Å²) in [5, 5.41) is 3.29. The van der Waals surface area contributed by atoms with Gasteiger partial charge < -0.3 is 5.32 Å². The van der Waals surface area contributed by atoms with Gasteiger partial charge in [-0.1, -0.05) is 0 Å². The van der Waals surface area contributed by atoms with E-state index in [-0.39, 0.29) is 0 Å². The number of thiophene rings is 1. The maximum atomic E-state index is 4.70. The molecule has 0 bridgehead atoms. The molecule has 3 rings (SSSR count). The molecule has 2 aromatic heterocycles. The van der Waals surface area contributed by atoms with Gasteiger partial charge in [0.2, 0.25) is 0 Å². The fourth-order valence-corrected chi connectivity index (χ4v) is 3.19. The summed E-state index contributed by atoms with van der Waals surface area (Å²) in [5.41, 5.74) is 1.18. The normalized spacial score (nSPS) is 14.8. The van der Waals surface area contributed by atoms with Crippen molar-refractivity contribution in [1.82, 2.24) is 9.97 Å². The summed E-state index contributed by atoms with van der Waals surface area (Å²) < 4.78 is 1.11. The monoisotopic (exact) mass is 323 g/mol. The highest BCUT2D eigenvalue weighted by atomic mass is 79.9. The SMILES string of the molecule is CCNc1cc(C2CC2)nc(-c2ccc(Br)s2)n1. The van der Waals surface area contributed by atoms with Crippen LogP contribution >= 0.6 is 27.3 Å². The summed E-state index contributed by atoms with van der Waals surface area (Å²) in [6.07, 6.45) is 2.52. The minimum atomic E-state index is 0.646. The summed E-state index contributed by atoms with van der Waals surface area (Å²) in [6.45, 7) is 2.97. The van der Waals surface area contributed by atoms with E-state index in [1.165, 1.54) is 18.5 Å². The molecule has 2 heterocycles. The second kappa shape index (κ2) is 4.97. The second-order valence-electron chi connectivity index (χ2n) is 4.41. The zero-order valence-electron chi connectivity index (χ0n) is 10.1. The smallest absolute Gasteiger partial charge is 0.171 e. The molecule has 1 fully saturated rings. The van der Waals surface area contributed by atoms with E-state index in [1.54, 1.807) is 11.3 Å². The predicted octanol–water partition coefficient (Wildman–Crippen LogP) is 4.28. The molecule has 0 radical (unpaired) electrons. The number of hydrogen-bond donors (Lipinski definition) is 1. The third-order valence-electron chi connectivity index (χ3n) is 2.89. The van der Waals surface area contributed by atoms with Crippen molar-refractivity contribution < 1.29 is 0 Å². The summed E-state index contributed by atoms with van der Waals surface area (Å²) in [7, 11) is 0. The average molecular weight is 324 g/mol. The Morgan fingerprint density at radius 1 is 1.39 bits per heavy atom.